The van der Waals surface area contributed by atoms with E-state index in [-0.39, 0.29) is 0 Å². The molecule has 0 amide bonds. The average molecular weight is 268 g/mol. The Morgan fingerprint density at radius 2 is 1.58 bits per heavy atom. The molecule has 0 radical (unpaired) electrons. The fraction of sp³-hybridized carbons (Fsp3) is 0.938. The third kappa shape index (κ3) is 5.62. The number of carbonyl (C=O) groups excluding carboxylic acids is 1. The van der Waals surface area contributed by atoms with Gasteiger partial charge in [0.2, 0.25) is 0 Å². The Morgan fingerprint density at radius 1 is 1.05 bits per heavy atom. The van der Waals surface area contributed by atoms with E-state index in [1.165, 1.54) is 45.2 Å². The van der Waals surface area contributed by atoms with Gasteiger partial charge in [-0.3, -0.25) is 9.69 Å². The molecule has 2 fully saturated rings. The van der Waals surface area contributed by atoms with Crippen LogP contribution in [-0.4, -0.2) is 43.4 Å². The second-order valence-electron chi connectivity index (χ2n) is 6.13. The van der Waals surface area contributed by atoms with Gasteiger partial charge >= 0.3 is 0 Å². The zero-order valence-corrected chi connectivity index (χ0v) is 13.1. The molecule has 0 atom stereocenters. The number of nitrogens with zero attached hydrogens (tertiary/aromatic N) is 1. The van der Waals surface area contributed by atoms with Gasteiger partial charge in [0.1, 0.15) is 5.78 Å². The first-order valence-electron chi connectivity index (χ1n) is 8.10. The Labute approximate surface area is 119 Å². The molecule has 19 heavy (non-hydrogen) atoms. The average Bonchev–Trinajstić information content (AvgIpc) is 2.43. The van der Waals surface area contributed by atoms with Crippen molar-refractivity contribution in [2.75, 3.05) is 32.7 Å². The maximum Gasteiger partial charge on any atom is 0.146 e. The third-order valence-corrected chi connectivity index (χ3v) is 4.38. The molecule has 3 heteroatoms. The second-order valence-corrected chi connectivity index (χ2v) is 6.13. The summed E-state index contributed by atoms with van der Waals surface area (Å²) in [7, 11) is 0. The predicted octanol–water partition coefficient (Wildman–Crippen LogP) is 2.85. The fourth-order valence-corrected chi connectivity index (χ4v) is 3.00. The first-order chi connectivity index (χ1) is 9.15. The molecule has 1 N–H and O–H groups in total. The Morgan fingerprint density at radius 3 is 2.05 bits per heavy atom. The van der Waals surface area contributed by atoms with E-state index < -0.39 is 0 Å². The van der Waals surface area contributed by atoms with Crippen LogP contribution in [0.2, 0.25) is 0 Å². The van der Waals surface area contributed by atoms with Crippen LogP contribution in [0.4, 0.5) is 0 Å². The van der Waals surface area contributed by atoms with Crippen molar-refractivity contribution in [3.63, 3.8) is 0 Å². The summed E-state index contributed by atoms with van der Waals surface area (Å²) >= 11 is 0. The smallest absolute Gasteiger partial charge is 0.146 e. The van der Waals surface area contributed by atoms with Crippen molar-refractivity contribution in [1.29, 1.82) is 0 Å². The zero-order chi connectivity index (χ0) is 14.1. The number of hydrogen-bond donors (Lipinski definition) is 1. The SMILES string of the molecule is CCC.CCC(=O)CN1CCC2(CCNCC2)CC1. The predicted molar refractivity (Wildman–Crippen MR) is 81.5 cm³/mol. The van der Waals surface area contributed by atoms with Crippen LogP contribution in [0.25, 0.3) is 0 Å². The largest absolute Gasteiger partial charge is 0.317 e. The van der Waals surface area contributed by atoms with E-state index in [0.717, 1.165) is 13.1 Å². The van der Waals surface area contributed by atoms with Crippen LogP contribution in [0.5, 0.6) is 0 Å². The monoisotopic (exact) mass is 268 g/mol. The molecule has 112 valence electrons. The highest BCUT2D eigenvalue weighted by molar-refractivity contribution is 5.80. The van der Waals surface area contributed by atoms with E-state index in [0.29, 0.717) is 24.2 Å². The van der Waals surface area contributed by atoms with E-state index in [4.69, 9.17) is 0 Å². The maximum atomic E-state index is 11.4. The highest BCUT2D eigenvalue weighted by atomic mass is 16.1. The summed E-state index contributed by atoms with van der Waals surface area (Å²) in [6.45, 7) is 11.5. The summed E-state index contributed by atoms with van der Waals surface area (Å²) < 4.78 is 0. The van der Waals surface area contributed by atoms with Crippen LogP contribution in [0.15, 0.2) is 0 Å². The lowest BCUT2D eigenvalue weighted by molar-refractivity contribution is -0.120. The van der Waals surface area contributed by atoms with Crippen LogP contribution in [-0.2, 0) is 4.79 Å². The van der Waals surface area contributed by atoms with Gasteiger partial charge in [-0.2, -0.15) is 0 Å². The molecule has 1 spiro atoms. The molecule has 0 bridgehead atoms. The van der Waals surface area contributed by atoms with Crippen molar-refractivity contribution >= 4 is 5.78 Å². The Hall–Kier alpha value is -0.410. The van der Waals surface area contributed by atoms with Gasteiger partial charge in [-0.25, -0.2) is 0 Å². The summed E-state index contributed by atoms with van der Waals surface area (Å²) in [6, 6.07) is 0. The number of carbonyl (C=O) groups is 1. The molecule has 2 rings (SSSR count). The van der Waals surface area contributed by atoms with Crippen LogP contribution >= 0.6 is 0 Å². The lowest BCUT2D eigenvalue weighted by Gasteiger charge is -2.44. The highest BCUT2D eigenvalue weighted by Crippen LogP contribution is 2.39. The zero-order valence-electron chi connectivity index (χ0n) is 13.1. The molecule has 0 aromatic heterocycles. The van der Waals surface area contributed by atoms with Gasteiger partial charge in [0.25, 0.3) is 0 Å². The Bertz CT molecular complexity index is 249. The van der Waals surface area contributed by atoms with Crippen LogP contribution < -0.4 is 5.32 Å². The van der Waals surface area contributed by atoms with E-state index in [9.17, 15) is 4.79 Å². The van der Waals surface area contributed by atoms with Gasteiger partial charge in [0.15, 0.2) is 0 Å². The minimum Gasteiger partial charge on any atom is -0.317 e. The first-order valence-corrected chi connectivity index (χ1v) is 8.10. The van der Waals surface area contributed by atoms with Crippen molar-refractivity contribution < 1.29 is 4.79 Å². The molecular weight excluding hydrogens is 236 g/mol. The van der Waals surface area contributed by atoms with Gasteiger partial charge in [0, 0.05) is 6.42 Å². The molecule has 3 nitrogen and oxygen atoms in total. The van der Waals surface area contributed by atoms with E-state index in [2.05, 4.69) is 24.1 Å². The molecule has 0 aromatic carbocycles. The summed E-state index contributed by atoms with van der Waals surface area (Å²) in [5.41, 5.74) is 0.608. The lowest BCUT2D eigenvalue weighted by Crippen LogP contribution is -2.46. The minimum absolute atomic E-state index is 0.390. The molecule has 0 saturated carbocycles. The molecule has 2 aliphatic rings. The summed E-state index contributed by atoms with van der Waals surface area (Å²) in [5, 5.41) is 3.44. The molecule has 2 heterocycles. The summed E-state index contributed by atoms with van der Waals surface area (Å²) in [6.07, 6.45) is 7.20. The summed E-state index contributed by atoms with van der Waals surface area (Å²) in [4.78, 5) is 13.7. The maximum absolute atomic E-state index is 11.4. The Balaban J connectivity index is 0.000000550. The topological polar surface area (TPSA) is 32.3 Å². The number of ketones is 1. The number of Topliss-reactive ketones (excluding diaryl/α,β-unsaturated/α-hetero) is 1. The van der Waals surface area contributed by atoms with E-state index in [1.54, 1.807) is 0 Å². The standard InChI is InChI=1S/C13H24N2O.C3H8/c1-2-12(16)11-15-9-5-13(6-10-15)3-7-14-8-4-13;1-3-2/h14H,2-11H2,1H3;3H2,1-2H3. The Kier molecular flexibility index (Phi) is 7.62. The number of hydrogen-bond acceptors (Lipinski definition) is 3. The van der Waals surface area contributed by atoms with Gasteiger partial charge in [0.05, 0.1) is 6.54 Å². The third-order valence-electron chi connectivity index (χ3n) is 4.38. The van der Waals surface area contributed by atoms with Gasteiger partial charge in [-0.15, -0.1) is 0 Å². The molecular formula is C16H32N2O. The van der Waals surface area contributed by atoms with Crippen LogP contribution in [0.1, 0.15) is 59.3 Å². The number of nitrogens with one attached hydrogen (secondary N) is 1. The highest BCUT2D eigenvalue weighted by Gasteiger charge is 2.35. The van der Waals surface area contributed by atoms with Crippen LogP contribution in [0.3, 0.4) is 0 Å². The van der Waals surface area contributed by atoms with Crippen molar-refractivity contribution in [3.8, 4) is 0 Å². The first kappa shape index (κ1) is 16.6. The lowest BCUT2D eigenvalue weighted by atomic mass is 9.71. The van der Waals surface area contributed by atoms with Crippen molar-refractivity contribution in [1.82, 2.24) is 10.2 Å². The normalized spacial score (nSPS) is 22.7. The van der Waals surface area contributed by atoms with Crippen LogP contribution in [0, 0.1) is 5.41 Å². The van der Waals surface area contributed by atoms with E-state index >= 15 is 0 Å². The van der Waals surface area contributed by atoms with Crippen molar-refractivity contribution in [3.05, 3.63) is 0 Å². The minimum atomic E-state index is 0.390. The molecule has 2 saturated heterocycles. The number of likely N-dealkylation sites (tertiary alicyclic amines) is 1. The van der Waals surface area contributed by atoms with Gasteiger partial charge < -0.3 is 5.32 Å². The fourth-order valence-electron chi connectivity index (χ4n) is 3.00. The van der Waals surface area contributed by atoms with Gasteiger partial charge in [-0.1, -0.05) is 27.2 Å². The van der Waals surface area contributed by atoms with Crippen molar-refractivity contribution in [2.24, 2.45) is 5.41 Å². The number of rotatable bonds is 3. The summed E-state index contributed by atoms with van der Waals surface area (Å²) in [5.74, 6) is 0.390. The molecule has 0 unspecified atom stereocenters. The van der Waals surface area contributed by atoms with Crippen molar-refractivity contribution in [2.45, 2.75) is 59.3 Å². The quantitative estimate of drug-likeness (QED) is 0.854. The van der Waals surface area contributed by atoms with E-state index in [1.807, 2.05) is 6.92 Å². The molecule has 0 aromatic rings. The number of piperidine rings is 2. The molecule has 0 aliphatic carbocycles. The second kappa shape index (κ2) is 8.70. The van der Waals surface area contributed by atoms with Gasteiger partial charge in [-0.05, 0) is 57.3 Å². The molecule has 2 aliphatic heterocycles.